The van der Waals surface area contributed by atoms with Crippen LogP contribution in [0.4, 0.5) is 0 Å². The fraction of sp³-hybridized carbons (Fsp3) is 0.833. The van der Waals surface area contributed by atoms with Crippen LogP contribution >= 0.6 is 0 Å². The molecule has 5 fully saturated rings. The molecule has 8 nitrogen and oxygen atoms in total. The molecule has 0 amide bonds. The second-order valence-electron chi connectivity index (χ2n) is 18.3. The predicted molar refractivity (Wildman–Crippen MR) is 192 cm³/mol. The van der Waals surface area contributed by atoms with Gasteiger partial charge in [0.1, 0.15) is 11.7 Å². The largest absolute Gasteiger partial charge is 0.390 e. The van der Waals surface area contributed by atoms with Gasteiger partial charge in [0.05, 0.1) is 24.4 Å². The number of ether oxygens (including phenoxy) is 5. The van der Waals surface area contributed by atoms with Gasteiger partial charge in [-0.3, -0.25) is 4.99 Å². The topological polar surface area (TPSA) is 99.0 Å². The van der Waals surface area contributed by atoms with Gasteiger partial charge < -0.3 is 33.9 Å². The van der Waals surface area contributed by atoms with Crippen molar-refractivity contribution < 1.29 is 33.9 Å². The van der Waals surface area contributed by atoms with Crippen molar-refractivity contribution >= 4 is 5.71 Å². The van der Waals surface area contributed by atoms with E-state index in [1.54, 1.807) is 0 Å². The first kappa shape index (κ1) is 35.6. The second-order valence-corrected chi connectivity index (χ2v) is 18.3. The average Bonchev–Trinajstić information content (AvgIpc) is 3.55. The first-order valence-corrected chi connectivity index (χ1v) is 20.1. The second kappa shape index (κ2) is 12.9. The molecule has 5 saturated heterocycles. The summed E-state index contributed by atoms with van der Waals surface area (Å²) in [5.74, 6) is -1.69. The van der Waals surface area contributed by atoms with Crippen LogP contribution < -0.4 is 0 Å². The van der Waals surface area contributed by atoms with Gasteiger partial charge in [-0.05, 0) is 95.8 Å². The molecule has 0 saturated carbocycles. The molecule has 8 rings (SSSR count). The molecule has 1 aliphatic carbocycles. The highest BCUT2D eigenvalue weighted by atomic mass is 16.8. The van der Waals surface area contributed by atoms with Crippen LogP contribution in [0.5, 0.6) is 0 Å². The van der Waals surface area contributed by atoms with Crippen molar-refractivity contribution in [1.82, 2.24) is 0 Å². The molecule has 7 heterocycles. The number of hydrogen-bond donors (Lipinski definition) is 2. The van der Waals surface area contributed by atoms with Gasteiger partial charge in [0.15, 0.2) is 11.6 Å². The third-order valence-electron chi connectivity index (χ3n) is 14.6. The van der Waals surface area contributed by atoms with Gasteiger partial charge in [0.2, 0.25) is 5.79 Å². The highest BCUT2D eigenvalue weighted by Crippen LogP contribution is 2.58. The van der Waals surface area contributed by atoms with E-state index in [-0.39, 0.29) is 35.6 Å². The zero-order chi connectivity index (χ0) is 35.1. The lowest BCUT2D eigenvalue weighted by Gasteiger charge is -2.50. The average molecular weight is 694 g/mol. The first-order valence-electron chi connectivity index (χ1n) is 20.1. The number of aliphatic hydroxyl groups is 2. The maximum absolute atomic E-state index is 11.8. The number of fused-ring (bicyclic) bond motifs is 6. The molecule has 2 N–H and O–H groups in total. The van der Waals surface area contributed by atoms with Crippen molar-refractivity contribution in [2.24, 2.45) is 34.1 Å². The number of aliphatic hydroxyl groups excluding tert-OH is 1. The summed E-state index contributed by atoms with van der Waals surface area (Å²) >= 11 is 0. The van der Waals surface area contributed by atoms with E-state index in [1.165, 1.54) is 16.9 Å². The van der Waals surface area contributed by atoms with Crippen LogP contribution in [0.15, 0.2) is 40.9 Å². The molecule has 14 atom stereocenters. The Morgan fingerprint density at radius 3 is 2.50 bits per heavy atom. The summed E-state index contributed by atoms with van der Waals surface area (Å²) in [6.07, 6.45) is 17.6. The maximum Gasteiger partial charge on any atom is 0.200 e. The Labute approximate surface area is 300 Å². The summed E-state index contributed by atoms with van der Waals surface area (Å²) in [6, 6.07) is 0. The van der Waals surface area contributed by atoms with Crippen LogP contribution in [0.2, 0.25) is 0 Å². The fourth-order valence-corrected chi connectivity index (χ4v) is 11.5. The SMILES string of the molecule is C=CC1=CC2C3OC4(CC5CCCC6(CCC7(OC(CCC7(C)O)C/C(C)=C/CCC7=NCC(C)C(C)CC72CC1)O6)O5)CC(C)C(O)C3O4. The molecule has 8 aliphatic rings. The van der Waals surface area contributed by atoms with Gasteiger partial charge in [0, 0.05) is 55.7 Å². The Bertz CT molecular complexity index is 1420. The van der Waals surface area contributed by atoms with E-state index in [4.69, 9.17) is 28.7 Å². The van der Waals surface area contributed by atoms with Crippen LogP contribution in [-0.2, 0) is 23.7 Å². The molecule has 0 aromatic rings. The van der Waals surface area contributed by atoms with Crippen molar-refractivity contribution in [3.63, 3.8) is 0 Å². The van der Waals surface area contributed by atoms with Gasteiger partial charge in [0.25, 0.3) is 0 Å². The molecular weight excluding hydrogens is 630 g/mol. The van der Waals surface area contributed by atoms with Crippen LogP contribution in [0.3, 0.4) is 0 Å². The van der Waals surface area contributed by atoms with E-state index in [0.717, 1.165) is 70.8 Å². The van der Waals surface area contributed by atoms with Crippen LogP contribution in [0, 0.1) is 29.1 Å². The van der Waals surface area contributed by atoms with Crippen molar-refractivity contribution in [3.05, 3.63) is 36.0 Å². The van der Waals surface area contributed by atoms with Gasteiger partial charge in [-0.2, -0.15) is 0 Å². The minimum atomic E-state index is -1.10. The van der Waals surface area contributed by atoms with Gasteiger partial charge in [-0.15, -0.1) is 0 Å². The van der Waals surface area contributed by atoms with E-state index in [9.17, 15) is 10.2 Å². The minimum Gasteiger partial charge on any atom is -0.390 e. The Balaban J connectivity index is 1.21. The maximum atomic E-state index is 11.8. The Morgan fingerprint density at radius 1 is 0.860 bits per heavy atom. The molecule has 7 aliphatic heterocycles. The van der Waals surface area contributed by atoms with Crippen LogP contribution in [0.1, 0.15) is 131 Å². The summed E-state index contributed by atoms with van der Waals surface area (Å²) in [5.41, 5.74) is 2.60. The lowest BCUT2D eigenvalue weighted by Crippen LogP contribution is -2.60. The van der Waals surface area contributed by atoms with Crippen molar-refractivity contribution in [2.75, 3.05) is 6.54 Å². The molecule has 0 aromatic carbocycles. The highest BCUT2D eigenvalue weighted by Gasteiger charge is 2.65. The fourth-order valence-electron chi connectivity index (χ4n) is 11.5. The first-order chi connectivity index (χ1) is 23.8. The Morgan fingerprint density at radius 2 is 1.68 bits per heavy atom. The smallest absolute Gasteiger partial charge is 0.200 e. The molecule has 7 bridgehead atoms. The minimum absolute atomic E-state index is 0.0138. The number of aliphatic imine (C=N–C) groups is 1. The van der Waals surface area contributed by atoms with Crippen LogP contribution in [0.25, 0.3) is 0 Å². The molecule has 278 valence electrons. The van der Waals surface area contributed by atoms with Crippen molar-refractivity contribution in [3.8, 4) is 0 Å². The Kier molecular flexibility index (Phi) is 9.18. The summed E-state index contributed by atoms with van der Waals surface area (Å²) in [6.45, 7) is 16.1. The van der Waals surface area contributed by atoms with Gasteiger partial charge in [-0.1, -0.05) is 56.7 Å². The number of rotatable bonds is 1. The standard InChI is InChI=1S/C42H63NO7/c1-7-30-13-17-39-22-27(3)29(5)25-43-34(39)12-8-10-26(2)20-31-14-16-38(6,45)42(47-31)19-18-40(50-42)15-9-11-32(46-40)24-41-23-28(4)35(44)37(49-41)36(48-41)33(39)21-30/h7,10,21,27-29,31-33,35-37,44-45H,1,8-9,11-20,22-25H2,2-6H3/b26-10+. The van der Waals surface area contributed by atoms with Crippen molar-refractivity contribution in [2.45, 2.75) is 184 Å². The molecule has 4 spiro atoms. The molecular formula is C42H63NO7. The van der Waals surface area contributed by atoms with Crippen LogP contribution in [-0.4, -0.2) is 76.0 Å². The molecule has 0 aromatic heterocycles. The predicted octanol–water partition coefficient (Wildman–Crippen LogP) is 7.72. The number of hydrogen-bond acceptors (Lipinski definition) is 8. The van der Waals surface area contributed by atoms with Gasteiger partial charge >= 0.3 is 0 Å². The summed E-state index contributed by atoms with van der Waals surface area (Å²) < 4.78 is 35.2. The van der Waals surface area contributed by atoms with Crippen molar-refractivity contribution in [1.29, 1.82) is 0 Å². The van der Waals surface area contributed by atoms with E-state index < -0.39 is 35.2 Å². The lowest BCUT2D eigenvalue weighted by molar-refractivity contribution is -0.403. The van der Waals surface area contributed by atoms with E-state index in [2.05, 4.69) is 46.4 Å². The van der Waals surface area contributed by atoms with E-state index in [0.29, 0.717) is 43.9 Å². The lowest BCUT2D eigenvalue weighted by atomic mass is 9.57. The van der Waals surface area contributed by atoms with E-state index in [1.807, 2.05) is 13.0 Å². The third kappa shape index (κ3) is 5.95. The normalized spacial score (nSPS) is 53.5. The Hall–Kier alpha value is -1.39. The highest BCUT2D eigenvalue weighted by molar-refractivity contribution is 5.91. The zero-order valence-corrected chi connectivity index (χ0v) is 31.3. The van der Waals surface area contributed by atoms with E-state index >= 15 is 0 Å². The monoisotopic (exact) mass is 693 g/mol. The zero-order valence-electron chi connectivity index (χ0n) is 31.3. The quantitative estimate of drug-likeness (QED) is 0.272. The molecule has 14 unspecified atom stereocenters. The summed E-state index contributed by atoms with van der Waals surface area (Å²) in [7, 11) is 0. The third-order valence-corrected chi connectivity index (χ3v) is 14.6. The van der Waals surface area contributed by atoms with Gasteiger partial charge in [-0.25, -0.2) is 0 Å². The number of nitrogens with zero attached hydrogens (tertiary/aromatic N) is 1. The molecule has 8 heteroatoms. The molecule has 50 heavy (non-hydrogen) atoms. The summed E-state index contributed by atoms with van der Waals surface area (Å²) in [4.78, 5) is 5.49. The summed E-state index contributed by atoms with van der Waals surface area (Å²) in [5, 5.41) is 23.6. The number of allylic oxidation sites excluding steroid dienone is 3. The molecule has 0 radical (unpaired) electrons.